The van der Waals surface area contributed by atoms with Crippen LogP contribution >= 0.6 is 0 Å². The molecule has 1 aliphatic heterocycles. The second-order valence-corrected chi connectivity index (χ2v) is 13.4. The molecular weight excluding hydrogens is 508 g/mol. The van der Waals surface area contributed by atoms with Gasteiger partial charge in [-0.1, -0.05) is 193 Å². The van der Waals surface area contributed by atoms with Gasteiger partial charge < -0.3 is 9.80 Å². The smallest absolute Gasteiger partial charge is 0.105 e. The van der Waals surface area contributed by atoms with Crippen molar-refractivity contribution in [1.29, 1.82) is 0 Å². The number of nitrogens with zero attached hydrogens (tertiary/aromatic N) is 2. The minimum absolute atomic E-state index is 0.502. The molecule has 0 aromatic heterocycles. The van der Waals surface area contributed by atoms with Gasteiger partial charge in [-0.3, -0.25) is 0 Å². The van der Waals surface area contributed by atoms with Gasteiger partial charge in [0, 0.05) is 24.6 Å². The Kier molecular flexibility index (Phi) is 23.7. The fourth-order valence-corrected chi connectivity index (χ4v) is 6.74. The van der Waals surface area contributed by atoms with Crippen LogP contribution in [0, 0.1) is 0 Å². The zero-order valence-corrected chi connectivity index (χ0v) is 28.5. The molecule has 2 heteroatoms. The van der Waals surface area contributed by atoms with Crippen LogP contribution in [0.3, 0.4) is 0 Å². The maximum Gasteiger partial charge on any atom is 0.105 e. The highest BCUT2D eigenvalue weighted by Crippen LogP contribution is 2.28. The third kappa shape index (κ3) is 18.3. The molecule has 0 spiro atoms. The van der Waals surface area contributed by atoms with E-state index in [-0.39, 0.29) is 0 Å². The lowest BCUT2D eigenvalue weighted by atomic mass is 10.0. The first-order chi connectivity index (χ1) is 20.9. The molecular formula is C40H72N2. The minimum Gasteiger partial charge on any atom is -0.356 e. The molecule has 0 saturated carbocycles. The molecule has 0 aliphatic carbocycles. The van der Waals surface area contributed by atoms with Crippen LogP contribution in [0.4, 0.5) is 5.69 Å². The molecule has 1 aromatic rings. The van der Waals surface area contributed by atoms with Gasteiger partial charge in [-0.15, -0.1) is 0 Å². The highest BCUT2D eigenvalue weighted by Gasteiger charge is 2.26. The van der Waals surface area contributed by atoms with Gasteiger partial charge in [-0.25, -0.2) is 0 Å². The van der Waals surface area contributed by atoms with Crippen molar-refractivity contribution in [2.75, 3.05) is 11.4 Å². The predicted molar refractivity (Wildman–Crippen MR) is 189 cm³/mol. The molecule has 1 heterocycles. The number of benzene rings is 1. The van der Waals surface area contributed by atoms with Gasteiger partial charge in [0.05, 0.1) is 0 Å². The van der Waals surface area contributed by atoms with Crippen LogP contribution in [0.25, 0.3) is 0 Å². The monoisotopic (exact) mass is 581 g/mol. The maximum atomic E-state index is 2.64. The van der Waals surface area contributed by atoms with Crippen LogP contribution in [-0.2, 0) is 0 Å². The van der Waals surface area contributed by atoms with Gasteiger partial charge in [0.2, 0.25) is 0 Å². The molecule has 0 amide bonds. The lowest BCUT2D eigenvalue weighted by Crippen LogP contribution is -2.39. The average Bonchev–Trinajstić information content (AvgIpc) is 3.42. The number of rotatable bonds is 30. The van der Waals surface area contributed by atoms with Crippen LogP contribution in [0.15, 0.2) is 42.7 Å². The molecule has 2 nitrogen and oxygen atoms in total. The van der Waals surface area contributed by atoms with Crippen molar-refractivity contribution in [3.63, 3.8) is 0 Å². The Labute approximate surface area is 264 Å². The van der Waals surface area contributed by atoms with Crippen molar-refractivity contribution < 1.29 is 0 Å². The van der Waals surface area contributed by atoms with E-state index >= 15 is 0 Å². The zero-order valence-electron chi connectivity index (χ0n) is 28.5. The van der Waals surface area contributed by atoms with Gasteiger partial charge in [-0.2, -0.15) is 0 Å². The van der Waals surface area contributed by atoms with E-state index in [0.29, 0.717) is 6.17 Å². The van der Waals surface area contributed by atoms with Gasteiger partial charge in [0.15, 0.2) is 0 Å². The Morgan fingerprint density at radius 1 is 0.429 bits per heavy atom. The van der Waals surface area contributed by atoms with Crippen LogP contribution in [-0.4, -0.2) is 17.6 Å². The Morgan fingerprint density at radius 2 is 0.810 bits per heavy atom. The molecule has 2 rings (SSSR count). The largest absolute Gasteiger partial charge is 0.356 e. The quantitative estimate of drug-likeness (QED) is 0.0835. The third-order valence-corrected chi connectivity index (χ3v) is 9.51. The van der Waals surface area contributed by atoms with Crippen molar-refractivity contribution in [2.24, 2.45) is 0 Å². The highest BCUT2D eigenvalue weighted by atomic mass is 15.4. The molecule has 1 aliphatic rings. The molecule has 0 bridgehead atoms. The lowest BCUT2D eigenvalue weighted by Gasteiger charge is -2.33. The second-order valence-electron chi connectivity index (χ2n) is 13.4. The Bertz CT molecular complexity index is 714. The summed E-state index contributed by atoms with van der Waals surface area (Å²) in [5.74, 6) is 0. The van der Waals surface area contributed by atoms with Gasteiger partial charge in [-0.05, 0) is 31.4 Å². The predicted octanol–water partition coefficient (Wildman–Crippen LogP) is 13.6. The van der Waals surface area contributed by atoms with E-state index in [1.807, 2.05) is 0 Å². The summed E-state index contributed by atoms with van der Waals surface area (Å²) in [6.45, 7) is 5.82. The Morgan fingerprint density at radius 3 is 1.24 bits per heavy atom. The summed E-state index contributed by atoms with van der Waals surface area (Å²) in [5.41, 5.74) is 1.34. The van der Waals surface area contributed by atoms with Crippen molar-refractivity contribution >= 4 is 5.69 Å². The molecule has 0 saturated heterocycles. The Hall–Kier alpha value is -1.44. The summed E-state index contributed by atoms with van der Waals surface area (Å²) in [7, 11) is 0. The number of para-hydroxylation sites is 1. The molecule has 1 atom stereocenters. The molecule has 0 radical (unpaired) electrons. The number of anilines is 1. The molecule has 0 N–H and O–H groups in total. The minimum atomic E-state index is 0.502. The number of hydrogen-bond donors (Lipinski definition) is 0. The Balaban J connectivity index is 1.52. The number of unbranched alkanes of at least 4 members (excludes halogenated alkanes) is 25. The SMILES string of the molecule is CCCCCCCCCCCCCCCCCCC1N(CCCCCCCCCCCCC)C=CN1c1ccccc1. The lowest BCUT2D eigenvalue weighted by molar-refractivity contribution is 0.273. The first-order valence-electron chi connectivity index (χ1n) is 19.1. The fourth-order valence-electron chi connectivity index (χ4n) is 6.74. The van der Waals surface area contributed by atoms with Crippen molar-refractivity contribution in [3.8, 4) is 0 Å². The second kappa shape index (κ2) is 27.1. The van der Waals surface area contributed by atoms with Crippen molar-refractivity contribution in [1.82, 2.24) is 4.90 Å². The first-order valence-corrected chi connectivity index (χ1v) is 19.1. The highest BCUT2D eigenvalue weighted by molar-refractivity contribution is 5.51. The van der Waals surface area contributed by atoms with Crippen LogP contribution < -0.4 is 4.90 Å². The summed E-state index contributed by atoms with van der Waals surface area (Å²) < 4.78 is 0. The fraction of sp³-hybridized carbons (Fsp3) is 0.800. The van der Waals surface area contributed by atoms with Crippen LogP contribution in [0.1, 0.15) is 194 Å². The summed E-state index contributed by atoms with van der Waals surface area (Å²) in [5, 5.41) is 0. The average molecular weight is 581 g/mol. The maximum absolute atomic E-state index is 2.64. The van der Waals surface area contributed by atoms with E-state index in [1.54, 1.807) is 0 Å². The summed E-state index contributed by atoms with van der Waals surface area (Å²) in [6.07, 6.45) is 45.1. The molecule has 1 unspecified atom stereocenters. The van der Waals surface area contributed by atoms with Crippen molar-refractivity contribution in [3.05, 3.63) is 42.7 Å². The van der Waals surface area contributed by atoms with Crippen LogP contribution in [0.5, 0.6) is 0 Å². The van der Waals surface area contributed by atoms with E-state index in [0.717, 1.165) is 0 Å². The summed E-state index contributed by atoms with van der Waals surface area (Å²) >= 11 is 0. The van der Waals surface area contributed by atoms with E-state index in [2.05, 4.69) is 66.4 Å². The van der Waals surface area contributed by atoms with E-state index in [9.17, 15) is 0 Å². The topological polar surface area (TPSA) is 6.48 Å². The molecule has 1 aromatic carbocycles. The third-order valence-electron chi connectivity index (χ3n) is 9.51. The van der Waals surface area contributed by atoms with Gasteiger partial charge in [0.25, 0.3) is 0 Å². The zero-order chi connectivity index (χ0) is 29.8. The first kappa shape index (κ1) is 36.8. The summed E-state index contributed by atoms with van der Waals surface area (Å²) in [6, 6.07) is 11.0. The normalized spacial score (nSPS) is 14.9. The molecule has 42 heavy (non-hydrogen) atoms. The van der Waals surface area contributed by atoms with Crippen molar-refractivity contribution in [2.45, 2.75) is 200 Å². The standard InChI is InChI=1S/C40H72N2/c1-3-5-7-9-11-13-15-16-17-18-19-20-22-24-26-31-35-40-41(37-38-42(40)39-33-29-28-30-34-39)36-32-27-25-23-21-14-12-10-8-6-4-2/h28-30,33-34,37-38,40H,3-27,31-32,35-36H2,1-2H3. The van der Waals surface area contributed by atoms with E-state index in [1.165, 1.54) is 192 Å². The van der Waals surface area contributed by atoms with Crippen LogP contribution in [0.2, 0.25) is 0 Å². The van der Waals surface area contributed by atoms with Gasteiger partial charge in [0.1, 0.15) is 6.17 Å². The van der Waals surface area contributed by atoms with E-state index < -0.39 is 0 Å². The number of hydrogen-bond acceptors (Lipinski definition) is 2. The van der Waals surface area contributed by atoms with E-state index in [4.69, 9.17) is 0 Å². The molecule has 0 fully saturated rings. The van der Waals surface area contributed by atoms with Gasteiger partial charge >= 0.3 is 0 Å². The summed E-state index contributed by atoms with van der Waals surface area (Å²) in [4.78, 5) is 5.18. The molecule has 242 valence electrons.